The molecule has 0 spiro atoms. The molecule has 0 unspecified atom stereocenters. The predicted octanol–water partition coefficient (Wildman–Crippen LogP) is 2.74. The molecule has 0 amide bonds. The van der Waals surface area contributed by atoms with E-state index in [-0.39, 0.29) is 0 Å². The first-order valence-electron chi connectivity index (χ1n) is 6.11. The summed E-state index contributed by atoms with van der Waals surface area (Å²) in [6.45, 7) is 5.45. The van der Waals surface area contributed by atoms with Crippen LogP contribution in [0.3, 0.4) is 0 Å². The zero-order chi connectivity index (χ0) is 12.3. The first-order valence-corrected chi connectivity index (χ1v) is 7.10. The van der Waals surface area contributed by atoms with E-state index in [4.69, 9.17) is 0 Å². The highest BCUT2D eigenvalue weighted by Gasteiger charge is 2.30. The van der Waals surface area contributed by atoms with Gasteiger partial charge in [-0.1, -0.05) is 25.6 Å². The van der Waals surface area contributed by atoms with Crippen LogP contribution in [0.15, 0.2) is 17.3 Å². The number of nitrogens with one attached hydrogen (secondary N) is 1. The van der Waals surface area contributed by atoms with Crippen molar-refractivity contribution < 1.29 is 0 Å². The molecule has 17 heavy (non-hydrogen) atoms. The molecule has 2 rings (SSSR count). The molecule has 1 aliphatic rings. The lowest BCUT2D eigenvalue weighted by Gasteiger charge is -2.33. The third kappa shape index (κ3) is 2.83. The number of amidine groups is 1. The van der Waals surface area contributed by atoms with Crippen LogP contribution < -0.4 is 5.32 Å². The second-order valence-electron chi connectivity index (χ2n) is 4.62. The normalized spacial score (nSPS) is 18.9. The standard InChI is InChI=1S/C12H20N4S/c1-4-12(5-2)8-13-11(17-9-12)14-10-6-7-16(3)15-10/h6-7H,4-5,8-9H2,1-3H3,(H,13,14,15). The minimum absolute atomic E-state index is 0.403. The first kappa shape index (κ1) is 12.5. The zero-order valence-corrected chi connectivity index (χ0v) is 11.5. The number of hydrogen-bond acceptors (Lipinski definition) is 4. The molecular weight excluding hydrogens is 232 g/mol. The quantitative estimate of drug-likeness (QED) is 0.899. The summed E-state index contributed by atoms with van der Waals surface area (Å²) in [6.07, 6.45) is 4.34. The summed E-state index contributed by atoms with van der Waals surface area (Å²) in [4.78, 5) is 4.65. The average Bonchev–Trinajstić information content (AvgIpc) is 2.76. The Bertz CT molecular complexity index is 406. The first-order chi connectivity index (χ1) is 8.17. The van der Waals surface area contributed by atoms with E-state index in [1.807, 2.05) is 31.1 Å². The van der Waals surface area contributed by atoms with Crippen molar-refractivity contribution in [2.45, 2.75) is 26.7 Å². The Morgan fingerprint density at radius 1 is 1.47 bits per heavy atom. The molecule has 0 aliphatic carbocycles. The molecule has 94 valence electrons. The topological polar surface area (TPSA) is 42.2 Å². The number of aliphatic imine (C=N–C) groups is 1. The van der Waals surface area contributed by atoms with E-state index in [9.17, 15) is 0 Å². The second kappa shape index (κ2) is 5.12. The van der Waals surface area contributed by atoms with Crippen LogP contribution in [0.5, 0.6) is 0 Å². The van der Waals surface area contributed by atoms with Crippen molar-refractivity contribution in [1.29, 1.82) is 0 Å². The van der Waals surface area contributed by atoms with Crippen LogP contribution in [0, 0.1) is 5.41 Å². The van der Waals surface area contributed by atoms with Crippen molar-refractivity contribution in [1.82, 2.24) is 9.78 Å². The molecule has 0 fully saturated rings. The average molecular weight is 252 g/mol. The number of aryl methyl sites for hydroxylation is 1. The number of nitrogens with zero attached hydrogens (tertiary/aromatic N) is 3. The minimum Gasteiger partial charge on any atom is -0.318 e. The van der Waals surface area contributed by atoms with Crippen LogP contribution in [0.2, 0.25) is 0 Å². The number of rotatable bonds is 3. The van der Waals surface area contributed by atoms with Gasteiger partial charge in [0.1, 0.15) is 0 Å². The maximum absolute atomic E-state index is 4.65. The van der Waals surface area contributed by atoms with Gasteiger partial charge in [0.15, 0.2) is 11.0 Å². The molecule has 0 bridgehead atoms. The predicted molar refractivity (Wildman–Crippen MR) is 74.6 cm³/mol. The van der Waals surface area contributed by atoms with Crippen LogP contribution in [-0.2, 0) is 7.05 Å². The van der Waals surface area contributed by atoms with Gasteiger partial charge in [-0.2, -0.15) is 5.10 Å². The fourth-order valence-corrected chi connectivity index (χ4v) is 3.17. The summed E-state index contributed by atoms with van der Waals surface area (Å²) < 4.78 is 1.79. The number of anilines is 1. The van der Waals surface area contributed by atoms with Crippen LogP contribution >= 0.6 is 11.8 Å². The van der Waals surface area contributed by atoms with E-state index < -0.39 is 0 Å². The van der Waals surface area contributed by atoms with Gasteiger partial charge in [-0.3, -0.25) is 9.67 Å². The van der Waals surface area contributed by atoms with Crippen LogP contribution in [0.25, 0.3) is 0 Å². The van der Waals surface area contributed by atoms with Crippen molar-refractivity contribution in [3.05, 3.63) is 12.3 Å². The molecule has 4 nitrogen and oxygen atoms in total. The van der Waals surface area contributed by atoms with E-state index in [2.05, 4.69) is 29.3 Å². The van der Waals surface area contributed by atoms with E-state index in [0.29, 0.717) is 5.41 Å². The van der Waals surface area contributed by atoms with Crippen LogP contribution in [0.4, 0.5) is 5.82 Å². The SMILES string of the molecule is CCC1(CC)CN=C(Nc2ccn(C)n2)SC1. The second-order valence-corrected chi connectivity index (χ2v) is 5.58. The molecule has 1 aliphatic heterocycles. The van der Waals surface area contributed by atoms with E-state index >= 15 is 0 Å². The Hall–Kier alpha value is -0.970. The van der Waals surface area contributed by atoms with Gasteiger partial charge < -0.3 is 5.32 Å². The van der Waals surface area contributed by atoms with Crippen molar-refractivity contribution in [2.24, 2.45) is 17.5 Å². The smallest absolute Gasteiger partial charge is 0.162 e. The molecule has 2 heterocycles. The molecule has 1 aromatic rings. The fraction of sp³-hybridized carbons (Fsp3) is 0.667. The van der Waals surface area contributed by atoms with E-state index in [0.717, 1.165) is 23.3 Å². The van der Waals surface area contributed by atoms with Crippen LogP contribution in [0.1, 0.15) is 26.7 Å². The molecule has 0 saturated heterocycles. The van der Waals surface area contributed by atoms with Gasteiger partial charge in [-0.05, 0) is 18.3 Å². The minimum atomic E-state index is 0.403. The molecule has 0 atom stereocenters. The molecule has 5 heteroatoms. The summed E-state index contributed by atoms with van der Waals surface area (Å²) in [7, 11) is 1.92. The van der Waals surface area contributed by atoms with Gasteiger partial charge in [0.05, 0.1) is 0 Å². The molecule has 0 radical (unpaired) electrons. The van der Waals surface area contributed by atoms with Crippen LogP contribution in [-0.4, -0.2) is 27.2 Å². The van der Waals surface area contributed by atoms with Crippen molar-refractivity contribution in [3.8, 4) is 0 Å². The van der Waals surface area contributed by atoms with Gasteiger partial charge in [0.25, 0.3) is 0 Å². The Morgan fingerprint density at radius 3 is 2.71 bits per heavy atom. The molecule has 0 aromatic carbocycles. The van der Waals surface area contributed by atoms with Gasteiger partial charge in [-0.25, -0.2) is 0 Å². The highest BCUT2D eigenvalue weighted by molar-refractivity contribution is 8.14. The summed E-state index contributed by atoms with van der Waals surface area (Å²) in [6, 6.07) is 1.96. The van der Waals surface area contributed by atoms with Gasteiger partial charge >= 0.3 is 0 Å². The number of hydrogen-bond donors (Lipinski definition) is 1. The number of thioether (sulfide) groups is 1. The third-order valence-electron chi connectivity index (χ3n) is 3.52. The Kier molecular flexibility index (Phi) is 3.76. The molecular formula is C12H20N4S. The molecule has 1 aromatic heterocycles. The number of aromatic nitrogens is 2. The van der Waals surface area contributed by atoms with Crippen molar-refractivity contribution in [3.63, 3.8) is 0 Å². The molecule has 0 saturated carbocycles. The lowest BCUT2D eigenvalue weighted by atomic mass is 9.84. The summed E-state index contributed by atoms with van der Waals surface area (Å²) in [5, 5.41) is 8.56. The third-order valence-corrected chi connectivity index (χ3v) is 4.78. The lowest BCUT2D eigenvalue weighted by molar-refractivity contribution is 0.318. The van der Waals surface area contributed by atoms with Gasteiger partial charge in [0, 0.05) is 31.6 Å². The van der Waals surface area contributed by atoms with Gasteiger partial charge in [-0.15, -0.1) is 0 Å². The fourth-order valence-electron chi connectivity index (χ4n) is 1.90. The zero-order valence-electron chi connectivity index (χ0n) is 10.7. The maximum atomic E-state index is 4.65. The Labute approximate surface area is 107 Å². The van der Waals surface area contributed by atoms with Gasteiger partial charge in [0.2, 0.25) is 0 Å². The van der Waals surface area contributed by atoms with E-state index in [1.165, 1.54) is 12.8 Å². The highest BCUT2D eigenvalue weighted by atomic mass is 32.2. The monoisotopic (exact) mass is 252 g/mol. The summed E-state index contributed by atoms with van der Waals surface area (Å²) >= 11 is 1.81. The van der Waals surface area contributed by atoms with Crippen molar-refractivity contribution in [2.75, 3.05) is 17.6 Å². The Balaban J connectivity index is 1.99. The molecule has 1 N–H and O–H groups in total. The summed E-state index contributed by atoms with van der Waals surface area (Å²) in [5.74, 6) is 2.03. The highest BCUT2D eigenvalue weighted by Crippen LogP contribution is 2.35. The summed E-state index contributed by atoms with van der Waals surface area (Å²) in [5.41, 5.74) is 0.403. The Morgan fingerprint density at radius 2 is 2.24 bits per heavy atom. The van der Waals surface area contributed by atoms with Crippen molar-refractivity contribution >= 4 is 22.7 Å². The maximum Gasteiger partial charge on any atom is 0.162 e. The lowest BCUT2D eigenvalue weighted by Crippen LogP contribution is -2.32. The largest absolute Gasteiger partial charge is 0.318 e. The van der Waals surface area contributed by atoms with E-state index in [1.54, 1.807) is 4.68 Å².